The van der Waals surface area contributed by atoms with Crippen LogP contribution in [-0.4, -0.2) is 97.9 Å². The first-order valence-electron chi connectivity index (χ1n) is 11.6. The van der Waals surface area contributed by atoms with E-state index in [0.717, 1.165) is 0 Å². The van der Waals surface area contributed by atoms with Crippen molar-refractivity contribution in [3.63, 3.8) is 0 Å². The molecule has 3 aliphatic heterocycles. The molecule has 6 fully saturated rings. The highest BCUT2D eigenvalue weighted by atomic mass is 16.3. The Balaban J connectivity index is 1.38. The Morgan fingerprint density at radius 3 is 1.55 bits per heavy atom. The molecular weight excluding hydrogens is 404 g/mol. The first-order valence-corrected chi connectivity index (χ1v) is 11.6. The fraction of sp³-hybridized carbons (Fsp3) is 0.905. The molecule has 172 valence electrons. The molecule has 0 aromatic rings. The van der Waals surface area contributed by atoms with E-state index in [1.54, 1.807) is 0 Å². The van der Waals surface area contributed by atoms with Crippen LogP contribution < -0.4 is 16.0 Å². The van der Waals surface area contributed by atoms with Crippen molar-refractivity contribution in [3.8, 4) is 0 Å². The lowest BCUT2D eigenvalue weighted by atomic mass is 9.68. The van der Waals surface area contributed by atoms with Crippen LogP contribution in [-0.2, 0) is 9.59 Å². The standard InChI is InChI=1S/C21H32N4O6/c26-13-1-7-10(4-16(13)29)22-20-9-3-15(28)18(31)6-12(9)24-21-8-2-14(27)17(30)5-11(8)23-19(7)25(20)21/h7-16,19-24,26-29H,1-6H2. The number of nitrogens with one attached hydrogen (secondary N) is 3. The highest BCUT2D eigenvalue weighted by molar-refractivity contribution is 5.85. The molecule has 0 aromatic carbocycles. The van der Waals surface area contributed by atoms with Gasteiger partial charge in [0.25, 0.3) is 0 Å². The molecule has 3 saturated heterocycles. The summed E-state index contributed by atoms with van der Waals surface area (Å²) in [6.07, 6.45) is -1.65. The zero-order valence-corrected chi connectivity index (χ0v) is 17.3. The van der Waals surface area contributed by atoms with Gasteiger partial charge in [0.2, 0.25) is 0 Å². The lowest BCUT2D eigenvalue weighted by Crippen LogP contribution is -2.85. The maximum absolute atomic E-state index is 12.3. The average Bonchev–Trinajstić information content (AvgIpc) is 2.72. The Morgan fingerprint density at radius 2 is 1.03 bits per heavy atom. The number of fused-ring (bicyclic) bond motifs is 6. The van der Waals surface area contributed by atoms with Gasteiger partial charge >= 0.3 is 0 Å². The summed E-state index contributed by atoms with van der Waals surface area (Å²) in [7, 11) is 0. The van der Waals surface area contributed by atoms with Crippen LogP contribution in [0.4, 0.5) is 0 Å². The SMILES string of the molecule is O=C1CC2NC3C4CC(O)C(=O)CC4NC4C5CC(O)C(O)CC5NC(C2CC1O)N34. The third-order valence-corrected chi connectivity index (χ3v) is 8.91. The van der Waals surface area contributed by atoms with Gasteiger partial charge in [0.05, 0.1) is 30.7 Å². The largest absolute Gasteiger partial charge is 0.390 e. The summed E-state index contributed by atoms with van der Waals surface area (Å²) in [6.45, 7) is 0. The zero-order chi connectivity index (χ0) is 21.6. The van der Waals surface area contributed by atoms with E-state index in [-0.39, 0.29) is 78.8 Å². The highest BCUT2D eigenvalue weighted by Crippen LogP contribution is 2.46. The van der Waals surface area contributed by atoms with Crippen LogP contribution in [0.25, 0.3) is 0 Å². The van der Waals surface area contributed by atoms with Crippen molar-refractivity contribution >= 4 is 11.6 Å². The number of Topliss-reactive ketones (excluding diaryl/α,β-unsaturated/α-hetero) is 2. The van der Waals surface area contributed by atoms with Crippen LogP contribution in [0.1, 0.15) is 38.5 Å². The topological polar surface area (TPSA) is 154 Å². The van der Waals surface area contributed by atoms with Crippen molar-refractivity contribution in [3.05, 3.63) is 0 Å². The second-order valence-electron chi connectivity index (χ2n) is 10.5. The maximum Gasteiger partial charge on any atom is 0.162 e. The van der Waals surface area contributed by atoms with E-state index in [2.05, 4.69) is 20.9 Å². The molecule has 13 unspecified atom stereocenters. The Labute approximate surface area is 180 Å². The van der Waals surface area contributed by atoms with Gasteiger partial charge in [-0.25, -0.2) is 0 Å². The van der Waals surface area contributed by atoms with E-state index in [0.29, 0.717) is 25.7 Å². The van der Waals surface area contributed by atoms with Crippen molar-refractivity contribution in [2.45, 2.75) is 99.6 Å². The average molecular weight is 437 g/mol. The molecular formula is C21H32N4O6. The first kappa shape index (κ1) is 20.6. The number of aliphatic hydroxyl groups excluding tert-OH is 4. The summed E-state index contributed by atoms with van der Waals surface area (Å²) in [5, 5.41) is 52.3. The second-order valence-corrected chi connectivity index (χ2v) is 10.5. The molecule has 13 atom stereocenters. The molecule has 0 spiro atoms. The molecule has 3 aliphatic carbocycles. The van der Waals surface area contributed by atoms with E-state index in [9.17, 15) is 30.0 Å². The van der Waals surface area contributed by atoms with E-state index >= 15 is 0 Å². The molecule has 10 heteroatoms. The predicted octanol–water partition coefficient (Wildman–Crippen LogP) is -3.01. The van der Waals surface area contributed by atoms with Gasteiger partial charge in [-0.2, -0.15) is 0 Å². The van der Waals surface area contributed by atoms with Crippen LogP contribution in [0, 0.1) is 17.8 Å². The van der Waals surface area contributed by atoms with Crippen LogP contribution in [0.15, 0.2) is 0 Å². The Kier molecular flexibility index (Phi) is 4.83. The molecule has 7 N–H and O–H groups in total. The summed E-state index contributed by atoms with van der Waals surface area (Å²) >= 11 is 0. The molecule has 6 aliphatic rings. The summed E-state index contributed by atoms with van der Waals surface area (Å²) in [4.78, 5) is 26.9. The third kappa shape index (κ3) is 3.07. The predicted molar refractivity (Wildman–Crippen MR) is 106 cm³/mol. The molecule has 3 saturated carbocycles. The third-order valence-electron chi connectivity index (χ3n) is 8.91. The number of ketones is 2. The Hall–Kier alpha value is -0.980. The highest BCUT2D eigenvalue weighted by Gasteiger charge is 2.61. The molecule has 31 heavy (non-hydrogen) atoms. The minimum Gasteiger partial charge on any atom is -0.390 e. The molecule has 0 radical (unpaired) electrons. The number of hydrogen-bond acceptors (Lipinski definition) is 10. The molecule has 10 nitrogen and oxygen atoms in total. The van der Waals surface area contributed by atoms with Crippen LogP contribution in [0.2, 0.25) is 0 Å². The lowest BCUT2D eigenvalue weighted by Gasteiger charge is -2.67. The molecule has 0 aromatic heterocycles. The van der Waals surface area contributed by atoms with Gasteiger partial charge in [-0.05, 0) is 25.7 Å². The van der Waals surface area contributed by atoms with Crippen molar-refractivity contribution in [1.29, 1.82) is 0 Å². The summed E-state index contributed by atoms with van der Waals surface area (Å²) in [5.41, 5.74) is 0. The second kappa shape index (κ2) is 7.26. The van der Waals surface area contributed by atoms with Gasteiger partial charge < -0.3 is 20.4 Å². The Morgan fingerprint density at radius 1 is 0.613 bits per heavy atom. The van der Waals surface area contributed by atoms with E-state index in [1.807, 2.05) is 0 Å². The quantitative estimate of drug-likeness (QED) is 0.209. The molecule has 0 amide bonds. The molecule has 0 bridgehead atoms. The maximum atomic E-state index is 12.3. The molecule has 3 heterocycles. The number of rotatable bonds is 0. The van der Waals surface area contributed by atoms with Gasteiger partial charge in [0, 0.05) is 48.7 Å². The monoisotopic (exact) mass is 436 g/mol. The van der Waals surface area contributed by atoms with Crippen LogP contribution >= 0.6 is 0 Å². The van der Waals surface area contributed by atoms with Crippen molar-refractivity contribution in [2.75, 3.05) is 0 Å². The minimum atomic E-state index is -0.968. The summed E-state index contributed by atoms with van der Waals surface area (Å²) in [5.74, 6) is -0.216. The van der Waals surface area contributed by atoms with E-state index < -0.39 is 24.4 Å². The fourth-order valence-corrected chi connectivity index (χ4v) is 7.38. The lowest BCUT2D eigenvalue weighted by molar-refractivity contribution is -0.197. The van der Waals surface area contributed by atoms with Gasteiger partial charge in [-0.3, -0.25) is 30.4 Å². The summed E-state index contributed by atoms with van der Waals surface area (Å²) in [6, 6.07) is -0.174. The number of hydrogen-bond donors (Lipinski definition) is 7. The number of aliphatic hydroxyl groups is 4. The van der Waals surface area contributed by atoms with Gasteiger partial charge in [-0.15, -0.1) is 0 Å². The number of carbonyl (C=O) groups is 2. The van der Waals surface area contributed by atoms with Gasteiger partial charge in [0.15, 0.2) is 11.6 Å². The van der Waals surface area contributed by atoms with Crippen molar-refractivity contribution in [2.24, 2.45) is 17.8 Å². The van der Waals surface area contributed by atoms with Gasteiger partial charge in [-0.1, -0.05) is 0 Å². The first-order chi connectivity index (χ1) is 14.8. The fourth-order valence-electron chi connectivity index (χ4n) is 7.38. The minimum absolute atomic E-state index is 0.00630. The van der Waals surface area contributed by atoms with Crippen LogP contribution in [0.3, 0.4) is 0 Å². The van der Waals surface area contributed by atoms with E-state index in [1.165, 1.54) is 0 Å². The Bertz CT molecular complexity index is 773. The normalized spacial score (nSPS) is 56.8. The van der Waals surface area contributed by atoms with Crippen molar-refractivity contribution < 1.29 is 30.0 Å². The number of nitrogens with zero attached hydrogens (tertiary/aromatic N) is 1. The summed E-state index contributed by atoms with van der Waals surface area (Å²) < 4.78 is 0. The smallest absolute Gasteiger partial charge is 0.162 e. The van der Waals surface area contributed by atoms with E-state index in [4.69, 9.17) is 0 Å². The zero-order valence-electron chi connectivity index (χ0n) is 17.3. The van der Waals surface area contributed by atoms with Crippen molar-refractivity contribution in [1.82, 2.24) is 20.9 Å². The van der Waals surface area contributed by atoms with Crippen LogP contribution in [0.5, 0.6) is 0 Å². The molecule has 6 rings (SSSR count). The number of carbonyl (C=O) groups excluding carboxylic acids is 2. The van der Waals surface area contributed by atoms with Gasteiger partial charge in [0.1, 0.15) is 12.2 Å².